The zero-order valence-electron chi connectivity index (χ0n) is 8.55. The number of amides is 2. The van der Waals surface area contributed by atoms with E-state index < -0.39 is 11.8 Å². The minimum absolute atomic E-state index is 0.0270. The number of primary amides is 2. The molecule has 0 atom stereocenters. The Morgan fingerprint density at radius 3 is 2.25 bits per heavy atom. The van der Waals surface area contributed by atoms with E-state index in [0.717, 1.165) is 4.88 Å². The van der Waals surface area contributed by atoms with Crippen molar-refractivity contribution in [1.29, 1.82) is 0 Å². The Kier molecular flexibility index (Phi) is 4.20. The van der Waals surface area contributed by atoms with Crippen LogP contribution >= 0.6 is 11.3 Å². The lowest BCUT2D eigenvalue weighted by Gasteiger charge is -2.17. The molecule has 2 amide bonds. The fourth-order valence-corrected chi connectivity index (χ4v) is 1.95. The predicted octanol–water partition coefficient (Wildman–Crippen LogP) is -1.50. The van der Waals surface area contributed by atoms with Gasteiger partial charge >= 0.3 is 0 Å². The van der Waals surface area contributed by atoms with E-state index in [-0.39, 0.29) is 13.1 Å². The maximum absolute atomic E-state index is 10.8. The maximum Gasteiger partial charge on any atom is 0.231 e. The fraction of sp³-hybridized carbons (Fsp3) is 0.375. The van der Waals surface area contributed by atoms with Crippen molar-refractivity contribution in [2.75, 3.05) is 18.8 Å². The molecule has 1 heterocycles. The SMILES string of the molecule is NC(=O)CN(CC(N)=O)Cc1cnc(N)s1. The summed E-state index contributed by atoms with van der Waals surface area (Å²) in [6.07, 6.45) is 1.59. The molecule has 88 valence electrons. The topological polar surface area (TPSA) is 128 Å². The van der Waals surface area contributed by atoms with Gasteiger partial charge < -0.3 is 17.2 Å². The van der Waals surface area contributed by atoms with Crippen molar-refractivity contribution < 1.29 is 9.59 Å². The molecule has 0 aliphatic rings. The number of hydrogen-bond acceptors (Lipinski definition) is 6. The van der Waals surface area contributed by atoms with Gasteiger partial charge in [-0.25, -0.2) is 4.98 Å². The number of hydrogen-bond donors (Lipinski definition) is 3. The van der Waals surface area contributed by atoms with Gasteiger partial charge in [-0.2, -0.15) is 0 Å². The lowest BCUT2D eigenvalue weighted by Crippen LogP contribution is -2.38. The molecule has 0 fully saturated rings. The molecule has 16 heavy (non-hydrogen) atoms. The molecular formula is C8H13N5O2S. The van der Waals surface area contributed by atoms with Gasteiger partial charge in [0.1, 0.15) is 0 Å². The number of anilines is 1. The first-order valence-corrected chi connectivity index (χ1v) is 5.28. The number of nitrogen functional groups attached to an aromatic ring is 1. The van der Waals surface area contributed by atoms with Crippen LogP contribution in [0.15, 0.2) is 6.20 Å². The first kappa shape index (κ1) is 12.4. The van der Waals surface area contributed by atoms with Gasteiger partial charge in [-0.1, -0.05) is 0 Å². The number of nitrogens with two attached hydrogens (primary N) is 3. The van der Waals surface area contributed by atoms with Crippen LogP contribution in [0.3, 0.4) is 0 Å². The molecule has 0 aliphatic heterocycles. The van der Waals surface area contributed by atoms with Crippen LogP contribution < -0.4 is 17.2 Å². The molecule has 0 saturated heterocycles. The van der Waals surface area contributed by atoms with E-state index in [9.17, 15) is 9.59 Å². The van der Waals surface area contributed by atoms with E-state index in [1.54, 1.807) is 6.20 Å². The van der Waals surface area contributed by atoms with Crippen molar-refractivity contribution in [3.05, 3.63) is 11.1 Å². The van der Waals surface area contributed by atoms with Crippen molar-refractivity contribution >= 4 is 28.3 Å². The Balaban J connectivity index is 2.62. The lowest BCUT2D eigenvalue weighted by atomic mass is 10.4. The van der Waals surface area contributed by atoms with Gasteiger partial charge in [0.2, 0.25) is 11.8 Å². The van der Waals surface area contributed by atoms with Crippen LogP contribution in [0.2, 0.25) is 0 Å². The summed E-state index contributed by atoms with van der Waals surface area (Å²) in [5, 5.41) is 0.438. The van der Waals surface area contributed by atoms with Crippen molar-refractivity contribution in [2.24, 2.45) is 11.5 Å². The second-order valence-corrected chi connectivity index (χ2v) is 4.39. The first-order chi connectivity index (χ1) is 7.47. The zero-order valence-corrected chi connectivity index (χ0v) is 9.37. The van der Waals surface area contributed by atoms with Crippen LogP contribution in [-0.2, 0) is 16.1 Å². The molecule has 0 unspecified atom stereocenters. The molecule has 0 radical (unpaired) electrons. The minimum atomic E-state index is -0.515. The average Bonchev–Trinajstić information content (AvgIpc) is 2.48. The summed E-state index contributed by atoms with van der Waals surface area (Å²) < 4.78 is 0. The number of rotatable bonds is 6. The van der Waals surface area contributed by atoms with E-state index in [2.05, 4.69) is 4.98 Å². The first-order valence-electron chi connectivity index (χ1n) is 4.46. The average molecular weight is 243 g/mol. The summed E-state index contributed by atoms with van der Waals surface area (Å²) in [6.45, 7) is 0.322. The van der Waals surface area contributed by atoms with Gasteiger partial charge in [-0.05, 0) is 0 Å². The molecule has 0 spiro atoms. The normalized spacial score (nSPS) is 10.6. The molecule has 7 nitrogen and oxygen atoms in total. The zero-order chi connectivity index (χ0) is 12.1. The Labute approximate surface area is 96.2 Å². The van der Waals surface area contributed by atoms with Crippen molar-refractivity contribution in [3.8, 4) is 0 Å². The standard InChI is InChI=1S/C8H13N5O2S/c9-6(14)3-13(4-7(10)15)2-5-1-12-8(11)16-5/h1H,2-4H2,(H2,9,14)(H2,10,15)(H2,11,12). The summed E-state index contributed by atoms with van der Waals surface area (Å²) in [6, 6.07) is 0. The molecule has 6 N–H and O–H groups in total. The van der Waals surface area contributed by atoms with E-state index in [4.69, 9.17) is 17.2 Å². The molecular weight excluding hydrogens is 230 g/mol. The van der Waals surface area contributed by atoms with E-state index in [0.29, 0.717) is 11.7 Å². The van der Waals surface area contributed by atoms with E-state index in [1.165, 1.54) is 16.2 Å². The summed E-state index contributed by atoms with van der Waals surface area (Å²) in [4.78, 5) is 27.8. The number of carbonyl (C=O) groups is 2. The smallest absolute Gasteiger partial charge is 0.231 e. The minimum Gasteiger partial charge on any atom is -0.375 e. The maximum atomic E-state index is 10.8. The number of thiazole rings is 1. The predicted molar refractivity (Wildman–Crippen MR) is 60.2 cm³/mol. The van der Waals surface area contributed by atoms with Crippen LogP contribution in [0.5, 0.6) is 0 Å². The third kappa shape index (κ3) is 4.24. The highest BCUT2D eigenvalue weighted by Crippen LogP contribution is 2.16. The van der Waals surface area contributed by atoms with Crippen LogP contribution in [0.1, 0.15) is 4.88 Å². The Hall–Kier alpha value is -1.67. The second kappa shape index (κ2) is 5.42. The highest BCUT2D eigenvalue weighted by atomic mass is 32.1. The Morgan fingerprint density at radius 1 is 1.31 bits per heavy atom. The number of carbonyl (C=O) groups excluding carboxylic acids is 2. The van der Waals surface area contributed by atoms with Crippen LogP contribution in [0.25, 0.3) is 0 Å². The summed E-state index contributed by atoms with van der Waals surface area (Å²) in [5.74, 6) is -1.03. The summed E-state index contributed by atoms with van der Waals surface area (Å²) in [7, 11) is 0. The van der Waals surface area contributed by atoms with Crippen molar-refractivity contribution in [3.63, 3.8) is 0 Å². The highest BCUT2D eigenvalue weighted by molar-refractivity contribution is 7.15. The van der Waals surface area contributed by atoms with Crippen LogP contribution in [0, 0.1) is 0 Å². The lowest BCUT2D eigenvalue weighted by molar-refractivity contribution is -0.122. The Morgan fingerprint density at radius 2 is 1.88 bits per heavy atom. The van der Waals surface area contributed by atoms with Gasteiger partial charge in [-0.15, -0.1) is 11.3 Å². The number of nitrogens with zero attached hydrogens (tertiary/aromatic N) is 2. The molecule has 8 heteroatoms. The molecule has 0 saturated carbocycles. The molecule has 0 bridgehead atoms. The molecule has 0 aliphatic carbocycles. The van der Waals surface area contributed by atoms with Gasteiger partial charge in [0.05, 0.1) is 13.1 Å². The number of aromatic nitrogens is 1. The molecule has 1 rings (SSSR count). The van der Waals surface area contributed by atoms with Gasteiger partial charge in [-0.3, -0.25) is 14.5 Å². The molecule has 0 aromatic carbocycles. The highest BCUT2D eigenvalue weighted by Gasteiger charge is 2.13. The third-order valence-electron chi connectivity index (χ3n) is 1.71. The van der Waals surface area contributed by atoms with Crippen LogP contribution in [-0.4, -0.2) is 34.8 Å². The summed E-state index contributed by atoms with van der Waals surface area (Å²) >= 11 is 1.29. The van der Waals surface area contributed by atoms with Gasteiger partial charge in [0.15, 0.2) is 5.13 Å². The quantitative estimate of drug-likeness (QED) is 0.560. The third-order valence-corrected chi connectivity index (χ3v) is 2.52. The van der Waals surface area contributed by atoms with Crippen molar-refractivity contribution in [2.45, 2.75) is 6.54 Å². The van der Waals surface area contributed by atoms with Gasteiger partial charge in [0.25, 0.3) is 0 Å². The van der Waals surface area contributed by atoms with Crippen molar-refractivity contribution in [1.82, 2.24) is 9.88 Å². The largest absolute Gasteiger partial charge is 0.375 e. The molecule has 1 aromatic rings. The monoisotopic (exact) mass is 243 g/mol. The van der Waals surface area contributed by atoms with E-state index >= 15 is 0 Å². The molecule has 1 aromatic heterocycles. The Bertz CT molecular complexity index is 376. The van der Waals surface area contributed by atoms with E-state index in [1.807, 2.05) is 0 Å². The summed E-state index contributed by atoms with van der Waals surface area (Å²) in [5.41, 5.74) is 15.6. The fourth-order valence-electron chi connectivity index (χ4n) is 1.22. The van der Waals surface area contributed by atoms with Gasteiger partial charge in [0, 0.05) is 17.6 Å². The van der Waals surface area contributed by atoms with Crippen LogP contribution in [0.4, 0.5) is 5.13 Å². The second-order valence-electron chi connectivity index (χ2n) is 3.24.